The van der Waals surface area contributed by atoms with E-state index in [4.69, 9.17) is 0 Å². The van der Waals surface area contributed by atoms with Gasteiger partial charge in [0.05, 0.1) is 19.3 Å². The van der Waals surface area contributed by atoms with E-state index in [0.717, 1.165) is 19.4 Å². The summed E-state index contributed by atoms with van der Waals surface area (Å²) in [5.41, 5.74) is 0. The quantitative estimate of drug-likeness (QED) is 0.682. The Labute approximate surface area is 109 Å². The summed E-state index contributed by atoms with van der Waals surface area (Å²) in [7, 11) is -0.207. The number of methoxy groups -OCH3 is 1. The van der Waals surface area contributed by atoms with E-state index in [1.54, 1.807) is 0 Å². The number of carbonyl (C=O) groups excluding carboxylic acids is 1. The summed E-state index contributed by atoms with van der Waals surface area (Å²) in [5, 5.41) is 3.07. The van der Waals surface area contributed by atoms with E-state index in [0.29, 0.717) is 19.0 Å². The van der Waals surface area contributed by atoms with Gasteiger partial charge in [-0.25, -0.2) is 12.7 Å². The molecular weight excluding hydrogens is 256 g/mol. The average Bonchev–Trinajstić information content (AvgIpc) is 2.37. The Morgan fingerprint density at radius 3 is 2.83 bits per heavy atom. The van der Waals surface area contributed by atoms with Gasteiger partial charge in [-0.05, 0) is 32.4 Å². The Hall–Kier alpha value is -0.660. The maximum absolute atomic E-state index is 12.1. The minimum atomic E-state index is -3.34. The maximum Gasteiger partial charge on any atom is 0.306 e. The van der Waals surface area contributed by atoms with Gasteiger partial charge in [-0.2, -0.15) is 0 Å². The van der Waals surface area contributed by atoms with Crippen molar-refractivity contribution in [3.63, 3.8) is 0 Å². The second-order valence-electron chi connectivity index (χ2n) is 4.57. The Morgan fingerprint density at radius 1 is 1.50 bits per heavy atom. The summed E-state index contributed by atoms with van der Waals surface area (Å²) in [6, 6.07) is 0. The largest absolute Gasteiger partial charge is 0.469 e. The van der Waals surface area contributed by atoms with Crippen molar-refractivity contribution in [3.05, 3.63) is 0 Å². The van der Waals surface area contributed by atoms with Crippen LogP contribution in [0.5, 0.6) is 0 Å². The van der Waals surface area contributed by atoms with E-state index < -0.39 is 16.0 Å². The monoisotopic (exact) mass is 278 g/mol. The number of nitrogens with zero attached hydrogens (tertiary/aromatic N) is 1. The lowest BCUT2D eigenvalue weighted by Crippen LogP contribution is -2.43. The van der Waals surface area contributed by atoms with E-state index >= 15 is 0 Å². The molecule has 1 rings (SSSR count). The Bertz CT molecular complexity index is 367. The molecule has 0 amide bonds. The van der Waals surface area contributed by atoms with Crippen LogP contribution >= 0.6 is 0 Å². The minimum absolute atomic E-state index is 0.0774. The predicted octanol–water partition coefficient (Wildman–Crippen LogP) is -0.189. The third-order valence-corrected chi connectivity index (χ3v) is 5.00. The molecule has 1 saturated heterocycles. The van der Waals surface area contributed by atoms with E-state index in [1.807, 2.05) is 7.05 Å². The SMILES string of the molecule is CNCC1CCCN(S(=O)(=O)CCC(=O)OC)C1. The van der Waals surface area contributed by atoms with Crippen LogP contribution in [0.3, 0.4) is 0 Å². The highest BCUT2D eigenvalue weighted by Crippen LogP contribution is 2.19. The average molecular weight is 278 g/mol. The molecule has 0 saturated carbocycles. The zero-order valence-electron chi connectivity index (χ0n) is 11.0. The molecule has 0 bridgehead atoms. The van der Waals surface area contributed by atoms with Crippen molar-refractivity contribution in [1.29, 1.82) is 0 Å². The van der Waals surface area contributed by atoms with Crippen LogP contribution in [0.2, 0.25) is 0 Å². The molecule has 7 heteroatoms. The molecule has 0 radical (unpaired) electrons. The lowest BCUT2D eigenvalue weighted by molar-refractivity contribution is -0.140. The number of nitrogens with one attached hydrogen (secondary N) is 1. The first-order chi connectivity index (χ1) is 8.49. The number of carbonyl (C=O) groups is 1. The van der Waals surface area contributed by atoms with Crippen molar-refractivity contribution >= 4 is 16.0 Å². The van der Waals surface area contributed by atoms with Crippen LogP contribution in [0.15, 0.2) is 0 Å². The van der Waals surface area contributed by atoms with E-state index in [-0.39, 0.29) is 12.2 Å². The van der Waals surface area contributed by atoms with Gasteiger partial charge < -0.3 is 10.1 Å². The molecular formula is C11H22N2O4S. The topological polar surface area (TPSA) is 75.7 Å². The molecule has 0 aliphatic carbocycles. The molecule has 0 aromatic carbocycles. The molecule has 1 heterocycles. The third-order valence-electron chi connectivity index (χ3n) is 3.16. The first-order valence-corrected chi connectivity index (χ1v) is 7.79. The predicted molar refractivity (Wildman–Crippen MR) is 68.6 cm³/mol. The molecule has 1 atom stereocenters. The molecule has 0 aromatic rings. The molecule has 1 aliphatic heterocycles. The first-order valence-electron chi connectivity index (χ1n) is 6.19. The van der Waals surface area contributed by atoms with Gasteiger partial charge in [0.1, 0.15) is 0 Å². The summed E-state index contributed by atoms with van der Waals surface area (Å²) in [4.78, 5) is 11.0. The maximum atomic E-state index is 12.1. The second-order valence-corrected chi connectivity index (χ2v) is 6.65. The lowest BCUT2D eigenvalue weighted by Gasteiger charge is -2.31. The molecule has 0 spiro atoms. The van der Waals surface area contributed by atoms with E-state index in [2.05, 4.69) is 10.1 Å². The highest BCUT2D eigenvalue weighted by molar-refractivity contribution is 7.89. The fraction of sp³-hybridized carbons (Fsp3) is 0.909. The van der Waals surface area contributed by atoms with Crippen molar-refractivity contribution in [2.75, 3.05) is 39.5 Å². The second kappa shape index (κ2) is 7.06. The number of sulfonamides is 1. The fourth-order valence-electron chi connectivity index (χ4n) is 2.18. The lowest BCUT2D eigenvalue weighted by atomic mass is 10.00. The van der Waals surface area contributed by atoms with Crippen molar-refractivity contribution in [2.45, 2.75) is 19.3 Å². The number of hydrogen-bond donors (Lipinski definition) is 1. The fourth-order valence-corrected chi connectivity index (χ4v) is 3.71. The molecule has 1 aliphatic rings. The molecule has 1 N–H and O–H groups in total. The zero-order chi connectivity index (χ0) is 13.6. The van der Waals surface area contributed by atoms with Crippen LogP contribution in [-0.2, 0) is 19.6 Å². The summed E-state index contributed by atoms with van der Waals surface area (Å²) in [5.74, 6) is -0.287. The number of piperidine rings is 1. The molecule has 18 heavy (non-hydrogen) atoms. The Balaban J connectivity index is 2.53. The van der Waals surface area contributed by atoms with Crippen LogP contribution < -0.4 is 5.32 Å². The van der Waals surface area contributed by atoms with Gasteiger partial charge in [0.25, 0.3) is 0 Å². The van der Waals surface area contributed by atoms with Gasteiger partial charge in [-0.3, -0.25) is 4.79 Å². The summed E-state index contributed by atoms with van der Waals surface area (Å²) >= 11 is 0. The zero-order valence-corrected chi connectivity index (χ0v) is 11.8. The highest BCUT2D eigenvalue weighted by Gasteiger charge is 2.28. The first kappa shape index (κ1) is 15.4. The molecule has 0 aromatic heterocycles. The van der Waals surface area contributed by atoms with Gasteiger partial charge in [0, 0.05) is 13.1 Å². The normalized spacial score (nSPS) is 21.8. The Kier molecular flexibility index (Phi) is 6.04. The standard InChI is InChI=1S/C11H22N2O4S/c1-12-8-10-4-3-6-13(9-10)18(15,16)7-5-11(14)17-2/h10,12H,3-9H2,1-2H3. The van der Waals surface area contributed by atoms with Crippen LogP contribution in [0.4, 0.5) is 0 Å². The summed E-state index contributed by atoms with van der Waals surface area (Å²) in [6.45, 7) is 1.93. The van der Waals surface area contributed by atoms with Crippen LogP contribution in [-0.4, -0.2) is 58.2 Å². The molecule has 106 valence electrons. The van der Waals surface area contributed by atoms with Gasteiger partial charge in [-0.15, -0.1) is 0 Å². The van der Waals surface area contributed by atoms with Crippen LogP contribution in [0, 0.1) is 5.92 Å². The van der Waals surface area contributed by atoms with Crippen molar-refractivity contribution in [2.24, 2.45) is 5.92 Å². The van der Waals surface area contributed by atoms with E-state index in [9.17, 15) is 13.2 Å². The van der Waals surface area contributed by atoms with Gasteiger partial charge in [0.2, 0.25) is 10.0 Å². The van der Waals surface area contributed by atoms with Crippen LogP contribution in [0.25, 0.3) is 0 Å². The highest BCUT2D eigenvalue weighted by atomic mass is 32.2. The van der Waals surface area contributed by atoms with Crippen LogP contribution in [0.1, 0.15) is 19.3 Å². The van der Waals surface area contributed by atoms with Crippen molar-refractivity contribution < 1.29 is 17.9 Å². The van der Waals surface area contributed by atoms with Gasteiger partial charge in [0.15, 0.2) is 0 Å². The Morgan fingerprint density at radius 2 is 2.22 bits per heavy atom. The molecule has 1 fully saturated rings. The number of hydrogen-bond acceptors (Lipinski definition) is 5. The molecule has 6 nitrogen and oxygen atoms in total. The summed E-state index contributed by atoms with van der Waals surface area (Å²) in [6.07, 6.45) is 1.85. The third kappa shape index (κ3) is 4.55. The number of ether oxygens (including phenoxy) is 1. The van der Waals surface area contributed by atoms with Gasteiger partial charge in [-0.1, -0.05) is 0 Å². The molecule has 1 unspecified atom stereocenters. The minimum Gasteiger partial charge on any atom is -0.469 e. The summed E-state index contributed by atoms with van der Waals surface area (Å²) < 4.78 is 30.1. The smallest absolute Gasteiger partial charge is 0.306 e. The van der Waals surface area contributed by atoms with E-state index in [1.165, 1.54) is 11.4 Å². The van der Waals surface area contributed by atoms with Gasteiger partial charge >= 0.3 is 5.97 Å². The number of esters is 1. The van der Waals surface area contributed by atoms with Crippen molar-refractivity contribution in [1.82, 2.24) is 9.62 Å². The van der Waals surface area contributed by atoms with Crippen molar-refractivity contribution in [3.8, 4) is 0 Å². The number of rotatable bonds is 6.